The smallest absolute Gasteiger partial charge is 0.168 e. The Morgan fingerprint density at radius 1 is 1.27 bits per heavy atom. The Morgan fingerprint density at radius 2 is 2.08 bits per heavy atom. The topological polar surface area (TPSA) is 50.3 Å². The molecule has 0 radical (unpaired) electrons. The number of likely N-dealkylation sites (tertiary alicyclic amines) is 1. The van der Waals surface area contributed by atoms with Crippen molar-refractivity contribution in [1.82, 2.24) is 14.9 Å². The van der Waals surface area contributed by atoms with Crippen molar-refractivity contribution in [3.8, 4) is 5.75 Å². The third-order valence-corrected chi connectivity index (χ3v) is 5.54. The zero-order chi connectivity index (χ0) is 18.1. The van der Waals surface area contributed by atoms with Gasteiger partial charge >= 0.3 is 0 Å². The average Bonchev–Trinajstić information content (AvgIpc) is 3.08. The third-order valence-electron chi connectivity index (χ3n) is 5.54. The number of nitrogens with one attached hydrogen (secondary N) is 1. The average molecular weight is 352 g/mol. The van der Waals surface area contributed by atoms with Crippen molar-refractivity contribution in [1.29, 1.82) is 0 Å². The van der Waals surface area contributed by atoms with Gasteiger partial charge in [-0.2, -0.15) is 0 Å². The van der Waals surface area contributed by atoms with E-state index in [1.54, 1.807) is 0 Å². The molecule has 0 saturated carbocycles. The van der Waals surface area contributed by atoms with Crippen molar-refractivity contribution in [2.45, 2.75) is 39.7 Å². The molecule has 2 atom stereocenters. The van der Waals surface area contributed by atoms with Gasteiger partial charge in [0.1, 0.15) is 6.61 Å². The molecular weight excluding hydrogens is 324 g/mol. The van der Waals surface area contributed by atoms with Gasteiger partial charge in [0.2, 0.25) is 0 Å². The zero-order valence-electron chi connectivity index (χ0n) is 16.0. The van der Waals surface area contributed by atoms with Gasteiger partial charge in [0.25, 0.3) is 0 Å². The highest BCUT2D eigenvalue weighted by atomic mass is 16.5. The Kier molecular flexibility index (Phi) is 4.81. The van der Waals surface area contributed by atoms with Crippen LogP contribution in [0.5, 0.6) is 5.75 Å². The van der Waals surface area contributed by atoms with Crippen LogP contribution in [-0.2, 0) is 6.42 Å². The molecule has 4 heterocycles. The van der Waals surface area contributed by atoms with E-state index in [-0.39, 0.29) is 0 Å². The van der Waals surface area contributed by atoms with E-state index in [1.165, 1.54) is 17.5 Å². The Balaban J connectivity index is 1.41. The summed E-state index contributed by atoms with van der Waals surface area (Å²) in [6.45, 7) is 10.3. The highest BCUT2D eigenvalue weighted by Crippen LogP contribution is 2.33. The maximum Gasteiger partial charge on any atom is 0.168 e. The van der Waals surface area contributed by atoms with E-state index in [2.05, 4.69) is 59.2 Å². The lowest BCUT2D eigenvalue weighted by Crippen LogP contribution is -2.26. The van der Waals surface area contributed by atoms with Crippen LogP contribution in [0.25, 0.3) is 0 Å². The quantitative estimate of drug-likeness (QED) is 0.912. The SMILES string of the molecule is Cc1cc(C[C@@H]2CCN(C(C)c3cnc4c(c3)OCCN4)C2)cc(C)n1. The molecule has 2 aromatic rings. The molecule has 2 aliphatic heterocycles. The normalized spacial score (nSPS) is 21.0. The first-order valence-electron chi connectivity index (χ1n) is 9.63. The largest absolute Gasteiger partial charge is 0.488 e. The molecule has 0 spiro atoms. The minimum Gasteiger partial charge on any atom is -0.488 e. The Hall–Kier alpha value is -2.14. The third kappa shape index (κ3) is 3.68. The van der Waals surface area contributed by atoms with Crippen molar-refractivity contribution in [3.05, 3.63) is 46.9 Å². The second-order valence-electron chi connectivity index (χ2n) is 7.68. The second kappa shape index (κ2) is 7.23. The van der Waals surface area contributed by atoms with Gasteiger partial charge in [0, 0.05) is 30.2 Å². The first kappa shape index (κ1) is 17.3. The monoisotopic (exact) mass is 352 g/mol. The lowest BCUT2D eigenvalue weighted by atomic mass is 9.98. The molecule has 4 rings (SSSR count). The standard InChI is InChI=1S/C21H28N4O/c1-14-8-18(9-15(2)24-14)10-17-4-6-25(13-17)16(3)19-11-20-21(23-12-19)22-5-7-26-20/h8-9,11-12,16-17H,4-7,10,13H2,1-3H3,(H,22,23)/t16?,17-/m0/s1. The molecule has 0 amide bonds. The lowest BCUT2D eigenvalue weighted by Gasteiger charge is -2.26. The predicted octanol–water partition coefficient (Wildman–Crippen LogP) is 3.52. The van der Waals surface area contributed by atoms with Crippen LogP contribution in [0.15, 0.2) is 24.4 Å². The van der Waals surface area contributed by atoms with Crippen molar-refractivity contribution in [2.24, 2.45) is 5.92 Å². The molecule has 1 fully saturated rings. The number of hydrogen-bond acceptors (Lipinski definition) is 5. The number of anilines is 1. The molecule has 26 heavy (non-hydrogen) atoms. The molecule has 1 N–H and O–H groups in total. The van der Waals surface area contributed by atoms with E-state index < -0.39 is 0 Å². The summed E-state index contributed by atoms with van der Waals surface area (Å²) >= 11 is 0. The number of aryl methyl sites for hydroxylation is 2. The van der Waals surface area contributed by atoms with Crippen LogP contribution in [0.4, 0.5) is 5.82 Å². The number of rotatable bonds is 4. The first-order valence-corrected chi connectivity index (χ1v) is 9.63. The summed E-state index contributed by atoms with van der Waals surface area (Å²) in [5, 5.41) is 3.29. The summed E-state index contributed by atoms with van der Waals surface area (Å²) < 4.78 is 5.75. The highest BCUT2D eigenvalue weighted by Gasteiger charge is 2.28. The molecule has 1 saturated heterocycles. The van der Waals surface area contributed by atoms with Crippen molar-refractivity contribution < 1.29 is 4.74 Å². The molecule has 0 bridgehead atoms. The fourth-order valence-electron chi connectivity index (χ4n) is 4.23. The summed E-state index contributed by atoms with van der Waals surface area (Å²) in [5.41, 5.74) is 4.90. The molecule has 0 aliphatic carbocycles. The van der Waals surface area contributed by atoms with Crippen molar-refractivity contribution in [2.75, 3.05) is 31.6 Å². The van der Waals surface area contributed by atoms with E-state index in [0.717, 1.165) is 49.0 Å². The van der Waals surface area contributed by atoms with Crippen molar-refractivity contribution in [3.63, 3.8) is 0 Å². The zero-order valence-corrected chi connectivity index (χ0v) is 16.0. The summed E-state index contributed by atoms with van der Waals surface area (Å²) in [4.78, 5) is 11.6. The van der Waals surface area contributed by atoms with E-state index in [9.17, 15) is 0 Å². The number of nitrogens with zero attached hydrogens (tertiary/aromatic N) is 3. The van der Waals surface area contributed by atoms with Gasteiger partial charge in [-0.3, -0.25) is 9.88 Å². The molecule has 2 aliphatic rings. The number of fused-ring (bicyclic) bond motifs is 1. The predicted molar refractivity (Wildman–Crippen MR) is 104 cm³/mol. The molecular formula is C21H28N4O. The fourth-order valence-corrected chi connectivity index (χ4v) is 4.23. The van der Waals surface area contributed by atoms with Crippen LogP contribution in [-0.4, -0.2) is 41.1 Å². The molecule has 5 nitrogen and oxygen atoms in total. The van der Waals surface area contributed by atoms with Gasteiger partial charge in [0.15, 0.2) is 11.6 Å². The minimum absolute atomic E-state index is 0.365. The first-order chi connectivity index (χ1) is 12.6. The van der Waals surface area contributed by atoms with Gasteiger partial charge in [-0.25, -0.2) is 4.98 Å². The Bertz CT molecular complexity index is 771. The lowest BCUT2D eigenvalue weighted by molar-refractivity contribution is 0.250. The summed E-state index contributed by atoms with van der Waals surface area (Å²) in [6, 6.07) is 6.99. The van der Waals surface area contributed by atoms with Crippen LogP contribution in [0.1, 0.15) is 41.9 Å². The molecule has 1 unspecified atom stereocenters. The molecule has 5 heteroatoms. The van der Waals surface area contributed by atoms with Crippen LogP contribution < -0.4 is 10.1 Å². The van der Waals surface area contributed by atoms with E-state index >= 15 is 0 Å². The van der Waals surface area contributed by atoms with Crippen LogP contribution in [0.3, 0.4) is 0 Å². The molecule has 2 aromatic heterocycles. The number of hydrogen-bond donors (Lipinski definition) is 1. The van der Waals surface area contributed by atoms with Crippen LogP contribution in [0.2, 0.25) is 0 Å². The van der Waals surface area contributed by atoms with Gasteiger partial charge < -0.3 is 10.1 Å². The van der Waals surface area contributed by atoms with Gasteiger partial charge in [-0.1, -0.05) is 0 Å². The number of ether oxygens (including phenoxy) is 1. The summed E-state index contributed by atoms with van der Waals surface area (Å²) in [5.74, 6) is 2.47. The van der Waals surface area contributed by atoms with Crippen LogP contribution in [0, 0.1) is 19.8 Å². The minimum atomic E-state index is 0.365. The van der Waals surface area contributed by atoms with E-state index in [0.29, 0.717) is 18.6 Å². The fraction of sp³-hybridized carbons (Fsp3) is 0.524. The van der Waals surface area contributed by atoms with Crippen LogP contribution >= 0.6 is 0 Å². The highest BCUT2D eigenvalue weighted by molar-refractivity contribution is 5.52. The second-order valence-corrected chi connectivity index (χ2v) is 7.68. The molecule has 138 valence electrons. The summed E-state index contributed by atoms with van der Waals surface area (Å²) in [6.07, 6.45) is 4.39. The number of aromatic nitrogens is 2. The van der Waals surface area contributed by atoms with Gasteiger partial charge in [-0.15, -0.1) is 0 Å². The Morgan fingerprint density at radius 3 is 2.88 bits per heavy atom. The maximum atomic E-state index is 5.75. The maximum absolute atomic E-state index is 5.75. The Labute approximate surface area is 155 Å². The van der Waals surface area contributed by atoms with Crippen molar-refractivity contribution >= 4 is 5.82 Å². The number of pyridine rings is 2. The summed E-state index contributed by atoms with van der Waals surface area (Å²) in [7, 11) is 0. The molecule has 0 aromatic carbocycles. The van der Waals surface area contributed by atoms with E-state index in [4.69, 9.17) is 4.74 Å². The van der Waals surface area contributed by atoms with Gasteiger partial charge in [-0.05, 0) is 75.4 Å². The van der Waals surface area contributed by atoms with E-state index in [1.807, 2.05) is 6.20 Å². The van der Waals surface area contributed by atoms with Gasteiger partial charge in [0.05, 0.1) is 6.54 Å².